The zero-order valence-electron chi connectivity index (χ0n) is 11.7. The number of para-hydroxylation sites is 1. The molecule has 0 saturated heterocycles. The van der Waals surface area contributed by atoms with Gasteiger partial charge in [0.15, 0.2) is 0 Å². The lowest BCUT2D eigenvalue weighted by molar-refractivity contribution is -0.136. The van der Waals surface area contributed by atoms with Gasteiger partial charge in [-0.2, -0.15) is 0 Å². The van der Waals surface area contributed by atoms with Crippen LogP contribution in [0.1, 0.15) is 16.1 Å². The van der Waals surface area contributed by atoms with Crippen molar-refractivity contribution in [2.75, 3.05) is 5.32 Å². The van der Waals surface area contributed by atoms with Crippen LogP contribution in [0.5, 0.6) is 0 Å². The first kappa shape index (κ1) is 13.9. The van der Waals surface area contributed by atoms with E-state index < -0.39 is 5.97 Å². The van der Waals surface area contributed by atoms with Crippen molar-refractivity contribution in [2.24, 2.45) is 0 Å². The van der Waals surface area contributed by atoms with Gasteiger partial charge in [0.1, 0.15) is 5.69 Å². The average Bonchev–Trinajstić information content (AvgIpc) is 2.91. The number of rotatable bonds is 4. The number of aromatic nitrogens is 1. The van der Waals surface area contributed by atoms with E-state index in [9.17, 15) is 9.59 Å². The highest BCUT2D eigenvalue weighted by molar-refractivity contribution is 6.06. The number of carboxylic acids is 1. The molecule has 0 radical (unpaired) electrons. The minimum absolute atomic E-state index is 0.0412. The lowest BCUT2D eigenvalue weighted by Crippen LogP contribution is -2.11. The molecule has 1 amide bonds. The zero-order chi connectivity index (χ0) is 15.5. The van der Waals surface area contributed by atoms with Gasteiger partial charge in [0, 0.05) is 16.6 Å². The molecule has 3 N–H and O–H groups in total. The van der Waals surface area contributed by atoms with Crippen molar-refractivity contribution in [1.29, 1.82) is 0 Å². The van der Waals surface area contributed by atoms with Crippen LogP contribution in [0.3, 0.4) is 0 Å². The standard InChI is InChI=1S/C17H14N2O3/c20-16(21)9-11-6-7-12-10-15(19-14(12)8-11)17(22)18-13-4-2-1-3-5-13/h1-8,10,19H,9H2,(H,18,22)(H,20,21). The van der Waals surface area contributed by atoms with Gasteiger partial charge >= 0.3 is 5.97 Å². The minimum atomic E-state index is -0.882. The first-order chi connectivity index (χ1) is 10.6. The Bertz CT molecular complexity index is 837. The maximum atomic E-state index is 12.2. The number of H-pyrrole nitrogens is 1. The van der Waals surface area contributed by atoms with Crippen molar-refractivity contribution in [2.45, 2.75) is 6.42 Å². The van der Waals surface area contributed by atoms with Crippen LogP contribution in [-0.2, 0) is 11.2 Å². The molecule has 0 unspecified atom stereocenters. The highest BCUT2D eigenvalue weighted by Crippen LogP contribution is 2.18. The fourth-order valence-electron chi connectivity index (χ4n) is 2.30. The van der Waals surface area contributed by atoms with Crippen LogP contribution in [0.4, 0.5) is 5.69 Å². The van der Waals surface area contributed by atoms with Crippen LogP contribution in [0.25, 0.3) is 10.9 Å². The van der Waals surface area contributed by atoms with Crippen molar-refractivity contribution in [1.82, 2.24) is 4.98 Å². The van der Waals surface area contributed by atoms with Gasteiger partial charge in [-0.25, -0.2) is 0 Å². The Morgan fingerprint density at radius 3 is 2.55 bits per heavy atom. The summed E-state index contributed by atoms with van der Waals surface area (Å²) in [5.41, 5.74) is 2.60. The van der Waals surface area contributed by atoms with Crippen molar-refractivity contribution in [3.8, 4) is 0 Å². The number of carbonyl (C=O) groups excluding carboxylic acids is 1. The van der Waals surface area contributed by atoms with E-state index in [1.54, 1.807) is 18.2 Å². The van der Waals surface area contributed by atoms with Crippen molar-refractivity contribution < 1.29 is 14.7 Å². The number of fused-ring (bicyclic) bond motifs is 1. The van der Waals surface area contributed by atoms with E-state index >= 15 is 0 Å². The van der Waals surface area contributed by atoms with Crippen molar-refractivity contribution in [3.05, 3.63) is 65.9 Å². The smallest absolute Gasteiger partial charge is 0.307 e. The van der Waals surface area contributed by atoms with Gasteiger partial charge in [-0.05, 0) is 29.8 Å². The van der Waals surface area contributed by atoms with Crippen LogP contribution in [-0.4, -0.2) is 22.0 Å². The molecule has 3 rings (SSSR count). The fraction of sp³-hybridized carbons (Fsp3) is 0.0588. The Kier molecular flexibility index (Phi) is 3.62. The van der Waals surface area contributed by atoms with Gasteiger partial charge < -0.3 is 15.4 Å². The number of benzene rings is 2. The number of nitrogens with one attached hydrogen (secondary N) is 2. The van der Waals surface area contributed by atoms with Crippen LogP contribution in [0.2, 0.25) is 0 Å². The third-order valence-electron chi connectivity index (χ3n) is 3.32. The first-order valence-electron chi connectivity index (χ1n) is 6.82. The summed E-state index contributed by atoms with van der Waals surface area (Å²) in [7, 11) is 0. The van der Waals surface area contributed by atoms with Crippen LogP contribution in [0.15, 0.2) is 54.6 Å². The monoisotopic (exact) mass is 294 g/mol. The summed E-state index contributed by atoms with van der Waals surface area (Å²) < 4.78 is 0. The lowest BCUT2D eigenvalue weighted by atomic mass is 10.1. The largest absolute Gasteiger partial charge is 0.481 e. The number of carbonyl (C=O) groups is 2. The molecule has 0 spiro atoms. The maximum absolute atomic E-state index is 12.2. The molecule has 0 bridgehead atoms. The number of hydrogen-bond donors (Lipinski definition) is 3. The Hall–Kier alpha value is -3.08. The Morgan fingerprint density at radius 2 is 1.82 bits per heavy atom. The van der Waals surface area contributed by atoms with Crippen LogP contribution in [0, 0.1) is 0 Å². The van der Waals surface area contributed by atoms with E-state index in [1.165, 1.54) is 0 Å². The zero-order valence-corrected chi connectivity index (χ0v) is 11.7. The highest BCUT2D eigenvalue weighted by Gasteiger charge is 2.10. The summed E-state index contributed by atoms with van der Waals surface area (Å²) >= 11 is 0. The van der Waals surface area contributed by atoms with Gasteiger partial charge in [0.2, 0.25) is 0 Å². The second-order valence-electron chi connectivity index (χ2n) is 5.00. The van der Waals surface area contributed by atoms with E-state index in [-0.39, 0.29) is 12.3 Å². The Balaban J connectivity index is 1.85. The summed E-state index contributed by atoms with van der Waals surface area (Å²) in [6, 6.07) is 16.3. The van der Waals surface area contributed by atoms with E-state index in [0.29, 0.717) is 11.3 Å². The van der Waals surface area contributed by atoms with E-state index in [1.807, 2.05) is 36.4 Å². The molecular formula is C17H14N2O3. The third kappa shape index (κ3) is 2.98. The molecule has 0 saturated carbocycles. The molecule has 0 atom stereocenters. The van der Waals surface area contributed by atoms with Gasteiger partial charge in [-0.15, -0.1) is 0 Å². The predicted octanol–water partition coefficient (Wildman–Crippen LogP) is 3.05. The molecule has 2 aromatic carbocycles. The molecule has 0 aliphatic rings. The molecule has 0 aliphatic carbocycles. The Morgan fingerprint density at radius 1 is 1.05 bits per heavy atom. The predicted molar refractivity (Wildman–Crippen MR) is 84.0 cm³/mol. The summed E-state index contributed by atoms with van der Waals surface area (Å²) in [6.07, 6.45) is -0.0412. The molecule has 0 fully saturated rings. The lowest BCUT2D eigenvalue weighted by Gasteiger charge is -2.02. The molecule has 5 heteroatoms. The normalized spacial score (nSPS) is 10.5. The number of aliphatic carboxylic acids is 1. The summed E-state index contributed by atoms with van der Waals surface area (Å²) in [6.45, 7) is 0. The number of carboxylic acid groups (broad SMARTS) is 1. The molecule has 1 aromatic heterocycles. The van der Waals surface area contributed by atoms with E-state index in [4.69, 9.17) is 5.11 Å². The average molecular weight is 294 g/mol. The second kappa shape index (κ2) is 5.73. The van der Waals surface area contributed by atoms with Crippen molar-refractivity contribution >= 4 is 28.5 Å². The van der Waals surface area contributed by atoms with Gasteiger partial charge in [0.25, 0.3) is 5.91 Å². The molecular weight excluding hydrogens is 280 g/mol. The maximum Gasteiger partial charge on any atom is 0.307 e. The summed E-state index contributed by atoms with van der Waals surface area (Å²) in [5.74, 6) is -1.12. The van der Waals surface area contributed by atoms with Gasteiger partial charge in [-0.3, -0.25) is 9.59 Å². The molecule has 22 heavy (non-hydrogen) atoms. The molecule has 110 valence electrons. The second-order valence-corrected chi connectivity index (χ2v) is 5.00. The number of hydrogen-bond acceptors (Lipinski definition) is 2. The van der Waals surface area contributed by atoms with Gasteiger partial charge in [0.05, 0.1) is 6.42 Å². The third-order valence-corrected chi connectivity index (χ3v) is 3.32. The van der Waals surface area contributed by atoms with Crippen molar-refractivity contribution in [3.63, 3.8) is 0 Å². The first-order valence-corrected chi connectivity index (χ1v) is 6.82. The number of aromatic amines is 1. The van der Waals surface area contributed by atoms with Crippen LogP contribution < -0.4 is 5.32 Å². The van der Waals surface area contributed by atoms with Crippen LogP contribution >= 0.6 is 0 Å². The fourth-order valence-corrected chi connectivity index (χ4v) is 2.30. The number of amides is 1. The molecule has 5 nitrogen and oxygen atoms in total. The molecule has 1 heterocycles. The summed E-state index contributed by atoms with van der Waals surface area (Å²) in [5, 5.41) is 12.5. The van der Waals surface area contributed by atoms with E-state index in [0.717, 1.165) is 16.6 Å². The van der Waals surface area contributed by atoms with Gasteiger partial charge in [-0.1, -0.05) is 30.3 Å². The Labute approximate surface area is 126 Å². The number of anilines is 1. The SMILES string of the molecule is O=C(O)Cc1ccc2cc(C(=O)Nc3ccccc3)[nH]c2c1. The quantitative estimate of drug-likeness (QED) is 0.691. The minimum Gasteiger partial charge on any atom is -0.481 e. The highest BCUT2D eigenvalue weighted by atomic mass is 16.4. The summed E-state index contributed by atoms with van der Waals surface area (Å²) in [4.78, 5) is 26.0. The molecule has 3 aromatic rings. The topological polar surface area (TPSA) is 82.2 Å². The molecule has 0 aliphatic heterocycles. The van der Waals surface area contributed by atoms with E-state index in [2.05, 4.69) is 10.3 Å².